The summed E-state index contributed by atoms with van der Waals surface area (Å²) in [5, 5.41) is 38.6. The van der Waals surface area contributed by atoms with Crippen LogP contribution in [-0.4, -0.2) is 70.4 Å². The minimum atomic E-state index is -1.49. The van der Waals surface area contributed by atoms with E-state index in [1.807, 2.05) is 6.26 Å². The van der Waals surface area contributed by atoms with E-state index in [1.54, 1.807) is 11.8 Å². The fourth-order valence-electron chi connectivity index (χ4n) is 2.19. The van der Waals surface area contributed by atoms with Gasteiger partial charge in [0.05, 0.1) is 18.5 Å². The van der Waals surface area contributed by atoms with Crippen molar-refractivity contribution in [2.24, 2.45) is 5.16 Å². The number of amides is 2. The van der Waals surface area contributed by atoms with Crippen LogP contribution >= 0.6 is 23.5 Å². The van der Waals surface area contributed by atoms with E-state index in [0.29, 0.717) is 11.5 Å². The quantitative estimate of drug-likeness (QED) is 0.0600. The van der Waals surface area contributed by atoms with Crippen LogP contribution in [0.1, 0.15) is 38.5 Å². The summed E-state index contributed by atoms with van der Waals surface area (Å²) >= 11 is 2.81. The molecule has 0 saturated heterocycles. The SMILES string of the molecule is CSCCCCC/C(=N\O)SC[C@H](NC(=O)CC[C@H]([NH3+])C(=O)[O-])C(=O)NCC(=O)[O-]. The number of carbonyl (C=O) groups is 4. The molecule has 0 aromatic rings. The molecule has 11 nitrogen and oxygen atoms in total. The number of unbranched alkanes of at least 4 members (excludes halogenated alkanes) is 2. The van der Waals surface area contributed by atoms with Crippen molar-refractivity contribution in [2.45, 2.75) is 50.6 Å². The fourth-order valence-corrected chi connectivity index (χ4v) is 3.62. The lowest BCUT2D eigenvalue weighted by molar-refractivity contribution is -0.438. The van der Waals surface area contributed by atoms with Crippen LogP contribution in [0.25, 0.3) is 0 Å². The Kier molecular flexibility index (Phi) is 15.7. The van der Waals surface area contributed by atoms with E-state index in [1.165, 1.54) is 0 Å². The third-order valence-corrected chi connectivity index (χ3v) is 5.70. The molecule has 0 aromatic carbocycles. The first-order chi connectivity index (χ1) is 14.2. The Labute approximate surface area is 183 Å². The molecule has 0 heterocycles. The van der Waals surface area contributed by atoms with E-state index in [9.17, 15) is 29.4 Å². The van der Waals surface area contributed by atoms with Crippen molar-refractivity contribution in [1.29, 1.82) is 0 Å². The number of thioether (sulfide) groups is 2. The van der Waals surface area contributed by atoms with Crippen molar-refractivity contribution < 1.29 is 40.3 Å². The number of aliphatic carboxylic acids is 2. The smallest absolute Gasteiger partial charge is 0.243 e. The van der Waals surface area contributed by atoms with Crippen molar-refractivity contribution >= 4 is 52.3 Å². The molecule has 6 N–H and O–H groups in total. The first kappa shape index (κ1) is 28.0. The van der Waals surface area contributed by atoms with E-state index in [4.69, 9.17) is 5.21 Å². The zero-order chi connectivity index (χ0) is 22.9. The summed E-state index contributed by atoms with van der Waals surface area (Å²) < 4.78 is 0. The molecule has 0 aliphatic carbocycles. The van der Waals surface area contributed by atoms with Gasteiger partial charge in [-0.1, -0.05) is 11.6 Å². The normalized spacial score (nSPS) is 13.3. The minimum absolute atomic E-state index is 0.00309. The van der Waals surface area contributed by atoms with Gasteiger partial charge in [0, 0.05) is 18.6 Å². The maximum absolute atomic E-state index is 12.2. The molecule has 0 aliphatic heterocycles. The molecule has 0 bridgehead atoms. The van der Waals surface area contributed by atoms with Gasteiger partial charge in [-0.2, -0.15) is 11.8 Å². The number of nitrogens with one attached hydrogen (secondary N) is 2. The highest BCUT2D eigenvalue weighted by atomic mass is 32.2. The highest BCUT2D eigenvalue weighted by molar-refractivity contribution is 8.14. The number of carbonyl (C=O) groups excluding carboxylic acids is 4. The average Bonchev–Trinajstić information content (AvgIpc) is 2.70. The van der Waals surface area contributed by atoms with Gasteiger partial charge in [-0.15, -0.1) is 11.8 Å². The highest BCUT2D eigenvalue weighted by Gasteiger charge is 2.22. The van der Waals surface area contributed by atoms with E-state index >= 15 is 0 Å². The van der Waals surface area contributed by atoms with E-state index < -0.39 is 42.4 Å². The monoisotopic (exact) mass is 465 g/mol. The third kappa shape index (κ3) is 14.1. The van der Waals surface area contributed by atoms with Crippen LogP contribution in [0.2, 0.25) is 0 Å². The predicted molar refractivity (Wildman–Crippen MR) is 109 cm³/mol. The molecule has 0 aliphatic rings. The van der Waals surface area contributed by atoms with Crippen LogP contribution in [-0.2, 0) is 19.2 Å². The Morgan fingerprint density at radius 3 is 2.40 bits per heavy atom. The molecule has 0 radical (unpaired) electrons. The van der Waals surface area contributed by atoms with Gasteiger partial charge in [0.15, 0.2) is 0 Å². The molecule has 0 unspecified atom stereocenters. The lowest BCUT2D eigenvalue weighted by atomic mass is 10.1. The number of carboxylic acid groups (broad SMARTS) is 2. The Balaban J connectivity index is 4.75. The molecule has 0 saturated carbocycles. The predicted octanol–water partition coefficient (Wildman–Crippen LogP) is -3.08. The van der Waals surface area contributed by atoms with Gasteiger partial charge in [-0.3, -0.25) is 9.59 Å². The fraction of sp³-hybridized carbons (Fsp3) is 0.706. The number of carboxylic acids is 2. The summed E-state index contributed by atoms with van der Waals surface area (Å²) in [6, 6.07) is -2.18. The third-order valence-electron chi connectivity index (χ3n) is 3.88. The van der Waals surface area contributed by atoms with Crippen molar-refractivity contribution in [2.75, 3.05) is 24.3 Å². The summed E-state index contributed by atoms with van der Waals surface area (Å²) in [6.07, 6.45) is 5.04. The van der Waals surface area contributed by atoms with Gasteiger partial charge >= 0.3 is 0 Å². The molecule has 30 heavy (non-hydrogen) atoms. The van der Waals surface area contributed by atoms with Crippen LogP contribution in [0.15, 0.2) is 5.16 Å². The largest absolute Gasteiger partial charge is 0.548 e. The van der Waals surface area contributed by atoms with Crippen molar-refractivity contribution in [3.05, 3.63) is 0 Å². The van der Waals surface area contributed by atoms with Crippen LogP contribution in [0.5, 0.6) is 0 Å². The minimum Gasteiger partial charge on any atom is -0.548 e. The molecular formula is C17H29N4O7S2-. The van der Waals surface area contributed by atoms with Gasteiger partial charge in [0.1, 0.15) is 17.1 Å². The highest BCUT2D eigenvalue weighted by Crippen LogP contribution is 2.14. The Hall–Kier alpha value is -1.99. The molecule has 0 rings (SSSR count). The summed E-state index contributed by atoms with van der Waals surface area (Å²) in [5.41, 5.74) is 3.35. The summed E-state index contributed by atoms with van der Waals surface area (Å²) in [4.78, 5) is 45.5. The van der Waals surface area contributed by atoms with Crippen LogP contribution < -0.4 is 26.6 Å². The lowest BCUT2D eigenvalue weighted by Gasteiger charge is -2.19. The van der Waals surface area contributed by atoms with Gasteiger partial charge in [-0.05, 0) is 31.3 Å². The summed E-state index contributed by atoms with van der Waals surface area (Å²) in [6.45, 7) is -0.724. The number of nitrogens with zero attached hydrogens (tertiary/aromatic N) is 1. The standard InChI is InChI=1S/C17H30N4O7S2/c1-29-8-4-2-3-5-14(21-28)30-10-12(16(25)19-9-15(23)24)20-13(22)7-6-11(18)17(26)27/h11-12,28H,2-10,18H2,1H3,(H,19,25)(H,20,22)(H,23,24)(H,26,27)/p-1/b21-14+/t11-,12-/m0/s1. The zero-order valence-electron chi connectivity index (χ0n) is 16.9. The Morgan fingerprint density at radius 2 is 1.83 bits per heavy atom. The second kappa shape index (κ2) is 16.8. The lowest BCUT2D eigenvalue weighted by Crippen LogP contribution is -2.68. The number of oxime groups is 1. The van der Waals surface area contributed by atoms with Crippen LogP contribution in [0.3, 0.4) is 0 Å². The zero-order valence-corrected chi connectivity index (χ0v) is 18.5. The van der Waals surface area contributed by atoms with Crippen molar-refractivity contribution in [1.82, 2.24) is 10.6 Å². The molecular weight excluding hydrogens is 436 g/mol. The second-order valence-electron chi connectivity index (χ2n) is 6.37. The Morgan fingerprint density at radius 1 is 1.13 bits per heavy atom. The first-order valence-electron chi connectivity index (χ1n) is 9.34. The average molecular weight is 466 g/mol. The molecule has 0 spiro atoms. The molecule has 0 fully saturated rings. The van der Waals surface area contributed by atoms with Gasteiger partial charge in [0.2, 0.25) is 11.8 Å². The number of hydrogen-bond donors (Lipinski definition) is 4. The van der Waals surface area contributed by atoms with Gasteiger partial charge in [-0.25, -0.2) is 0 Å². The number of rotatable bonds is 16. The molecule has 13 heteroatoms. The first-order valence-corrected chi connectivity index (χ1v) is 11.7. The van der Waals surface area contributed by atoms with Gasteiger partial charge in [0.25, 0.3) is 0 Å². The van der Waals surface area contributed by atoms with Crippen LogP contribution in [0.4, 0.5) is 0 Å². The number of hydrogen-bond acceptors (Lipinski definition) is 10. The van der Waals surface area contributed by atoms with E-state index in [-0.39, 0.29) is 18.6 Å². The molecule has 2 atom stereocenters. The Bertz CT molecular complexity index is 605. The maximum Gasteiger partial charge on any atom is 0.243 e. The summed E-state index contributed by atoms with van der Waals surface area (Å²) in [5.74, 6) is -3.18. The number of quaternary nitrogens is 1. The molecule has 0 aromatic heterocycles. The van der Waals surface area contributed by atoms with Gasteiger partial charge < -0.3 is 41.4 Å². The maximum atomic E-state index is 12.2. The van der Waals surface area contributed by atoms with Crippen molar-refractivity contribution in [3.63, 3.8) is 0 Å². The van der Waals surface area contributed by atoms with E-state index in [2.05, 4.69) is 21.5 Å². The molecule has 2 amide bonds. The van der Waals surface area contributed by atoms with E-state index in [0.717, 1.165) is 36.8 Å². The summed E-state index contributed by atoms with van der Waals surface area (Å²) in [7, 11) is 0. The second-order valence-corrected chi connectivity index (χ2v) is 8.45. The van der Waals surface area contributed by atoms with Crippen LogP contribution in [0, 0.1) is 0 Å². The molecule has 172 valence electrons. The van der Waals surface area contributed by atoms with Crippen molar-refractivity contribution in [3.8, 4) is 0 Å². The topological polar surface area (TPSA) is 199 Å².